The topological polar surface area (TPSA) is 29.5 Å². The van der Waals surface area contributed by atoms with Crippen molar-refractivity contribution in [3.8, 4) is 0 Å². The zero-order valence-electron chi connectivity index (χ0n) is 19.5. The van der Waals surface area contributed by atoms with Gasteiger partial charge in [0.25, 0.3) is 0 Å². The van der Waals surface area contributed by atoms with Crippen molar-refractivity contribution in [2.75, 3.05) is 6.61 Å². The Morgan fingerprint density at radius 3 is 2.03 bits per heavy atom. The van der Waals surface area contributed by atoms with E-state index in [0.717, 1.165) is 6.08 Å². The van der Waals surface area contributed by atoms with E-state index in [-0.39, 0.29) is 28.9 Å². The van der Waals surface area contributed by atoms with Crippen LogP contribution in [0.5, 0.6) is 0 Å². The molecule has 0 aliphatic rings. The molecule has 0 spiro atoms. The molecule has 0 saturated heterocycles. The van der Waals surface area contributed by atoms with E-state index in [2.05, 4.69) is 46.1 Å². The molecule has 0 rings (SSSR count). The van der Waals surface area contributed by atoms with Crippen molar-refractivity contribution >= 4 is 0 Å². The minimum atomic E-state index is -1.27. The maximum Gasteiger partial charge on any atom is 0.200 e. The molecule has 0 radical (unpaired) electrons. The first kappa shape index (κ1) is 29.7. The summed E-state index contributed by atoms with van der Waals surface area (Å²) in [5.41, 5.74) is 1.08. The van der Waals surface area contributed by atoms with Gasteiger partial charge in [0, 0.05) is 11.1 Å². The molecule has 33 heavy (non-hydrogen) atoms. The highest BCUT2D eigenvalue weighted by Gasteiger charge is 2.15. The number of ether oxygens (including phenoxy) is 1. The average molecular weight is 459 g/mol. The fraction of sp³-hybridized carbons (Fsp3) is 0.214. The third-order valence-corrected chi connectivity index (χ3v) is 4.42. The number of aliphatic hydroxyl groups is 1. The highest BCUT2D eigenvalue weighted by atomic mass is 19.2. The molecular weight excluding hydrogens is 425 g/mol. The molecule has 1 unspecified atom stereocenters. The van der Waals surface area contributed by atoms with Crippen LogP contribution in [0, 0.1) is 0 Å². The van der Waals surface area contributed by atoms with Crippen molar-refractivity contribution in [3.05, 3.63) is 133 Å². The fourth-order valence-corrected chi connectivity index (χ4v) is 2.13. The molecule has 0 aromatic carbocycles. The molecule has 0 aliphatic carbocycles. The van der Waals surface area contributed by atoms with Crippen LogP contribution >= 0.6 is 0 Å². The lowest BCUT2D eigenvalue weighted by Gasteiger charge is -2.09. The van der Waals surface area contributed by atoms with Crippen LogP contribution in [0.25, 0.3) is 0 Å². The summed E-state index contributed by atoms with van der Waals surface area (Å²) in [5, 5.41) is 9.33. The summed E-state index contributed by atoms with van der Waals surface area (Å²) in [4.78, 5) is 0. The first-order chi connectivity index (χ1) is 15.3. The second-order valence-electron chi connectivity index (χ2n) is 7.31. The van der Waals surface area contributed by atoms with Gasteiger partial charge in [0.15, 0.2) is 11.6 Å². The SMILES string of the molecule is C=CCCOC(=C)/C(F)=C(/F)C(=C)C(=C)/C=C\C(=C)C(=C)/C=C(/F)C(=C)/C(C)=C/CC(C)O. The maximum absolute atomic E-state index is 14.5. The summed E-state index contributed by atoms with van der Waals surface area (Å²) >= 11 is 0. The molecular formula is C28H33F3O2. The van der Waals surface area contributed by atoms with Gasteiger partial charge < -0.3 is 9.84 Å². The van der Waals surface area contributed by atoms with Gasteiger partial charge in [-0.25, -0.2) is 8.78 Å². The molecule has 2 nitrogen and oxygen atoms in total. The molecule has 0 amide bonds. The Kier molecular flexibility index (Phi) is 13.2. The molecule has 0 heterocycles. The monoisotopic (exact) mass is 458 g/mol. The van der Waals surface area contributed by atoms with Crippen LogP contribution in [0.3, 0.4) is 0 Å². The van der Waals surface area contributed by atoms with Crippen molar-refractivity contribution in [3.63, 3.8) is 0 Å². The van der Waals surface area contributed by atoms with Gasteiger partial charge in [0.1, 0.15) is 5.83 Å². The van der Waals surface area contributed by atoms with E-state index in [9.17, 15) is 18.3 Å². The Morgan fingerprint density at radius 2 is 1.48 bits per heavy atom. The van der Waals surface area contributed by atoms with Crippen LogP contribution in [0.15, 0.2) is 133 Å². The van der Waals surface area contributed by atoms with Crippen LogP contribution in [0.4, 0.5) is 13.2 Å². The lowest BCUT2D eigenvalue weighted by atomic mass is 10.0. The molecule has 0 fully saturated rings. The summed E-state index contributed by atoms with van der Waals surface area (Å²) in [7, 11) is 0. The van der Waals surface area contributed by atoms with Gasteiger partial charge in [0.2, 0.25) is 5.83 Å². The zero-order valence-corrected chi connectivity index (χ0v) is 19.5. The van der Waals surface area contributed by atoms with Gasteiger partial charge in [-0.2, -0.15) is 4.39 Å². The number of hydrogen-bond acceptors (Lipinski definition) is 2. The Balaban J connectivity index is 5.22. The Bertz CT molecular complexity index is 954. The largest absolute Gasteiger partial charge is 0.491 e. The lowest BCUT2D eigenvalue weighted by Crippen LogP contribution is -1.97. The molecule has 178 valence electrons. The van der Waals surface area contributed by atoms with E-state index >= 15 is 0 Å². The zero-order chi connectivity index (χ0) is 25.7. The third-order valence-electron chi connectivity index (χ3n) is 4.42. The number of hydrogen-bond donors (Lipinski definition) is 1. The van der Waals surface area contributed by atoms with E-state index < -0.39 is 29.3 Å². The Hall–Kier alpha value is -3.31. The molecule has 0 aromatic rings. The van der Waals surface area contributed by atoms with Crippen LogP contribution < -0.4 is 0 Å². The highest BCUT2D eigenvalue weighted by Crippen LogP contribution is 2.28. The molecule has 1 N–H and O–H groups in total. The Labute approximate surface area is 195 Å². The van der Waals surface area contributed by atoms with E-state index in [0.29, 0.717) is 24.0 Å². The first-order valence-electron chi connectivity index (χ1n) is 10.2. The predicted molar refractivity (Wildman–Crippen MR) is 133 cm³/mol. The van der Waals surface area contributed by atoms with Crippen LogP contribution in [0.1, 0.15) is 26.7 Å². The van der Waals surface area contributed by atoms with Crippen molar-refractivity contribution in [2.24, 2.45) is 0 Å². The second-order valence-corrected chi connectivity index (χ2v) is 7.31. The van der Waals surface area contributed by atoms with Gasteiger partial charge in [0.05, 0.1) is 12.7 Å². The van der Waals surface area contributed by atoms with Gasteiger partial charge in [-0.1, -0.05) is 63.8 Å². The summed E-state index contributed by atoms with van der Waals surface area (Å²) in [5.74, 6) is -3.59. The number of allylic oxidation sites excluding steroid dienone is 12. The van der Waals surface area contributed by atoms with Gasteiger partial charge in [-0.3, -0.25) is 0 Å². The summed E-state index contributed by atoms with van der Waals surface area (Å²) in [6.45, 7) is 28.7. The van der Waals surface area contributed by atoms with E-state index in [1.165, 1.54) is 12.2 Å². The summed E-state index contributed by atoms with van der Waals surface area (Å²) in [6.07, 6.45) is 7.50. The van der Waals surface area contributed by atoms with E-state index in [4.69, 9.17) is 4.74 Å². The number of rotatable bonds is 15. The summed E-state index contributed by atoms with van der Waals surface area (Å²) in [6, 6.07) is 0. The molecule has 1 atom stereocenters. The normalized spacial score (nSPS) is 13.8. The minimum Gasteiger partial charge on any atom is -0.491 e. The van der Waals surface area contributed by atoms with E-state index in [1.54, 1.807) is 26.0 Å². The first-order valence-corrected chi connectivity index (χ1v) is 10.2. The smallest absolute Gasteiger partial charge is 0.200 e. The lowest BCUT2D eigenvalue weighted by molar-refractivity contribution is 0.198. The number of aliphatic hydroxyl groups excluding tert-OH is 1. The Morgan fingerprint density at radius 1 is 0.909 bits per heavy atom. The second kappa shape index (κ2) is 14.7. The van der Waals surface area contributed by atoms with Gasteiger partial charge >= 0.3 is 0 Å². The summed E-state index contributed by atoms with van der Waals surface area (Å²) < 4.78 is 48.0. The standard InChI is InChI=1S/C28H33F3O2/c1-10-11-16-33-25(9)28(31)27(30)24(8)20(4)13-12-18(2)21(5)17-26(29)23(7)19(3)14-15-22(6)32/h10,12-14,17,22,32H,1-2,4-5,7-9,11,15-16H2,3,6H3/b13-12-,19-14+,26-17+,28-27-. The van der Waals surface area contributed by atoms with Gasteiger partial charge in [-0.05, 0) is 55.1 Å². The molecule has 0 aliphatic heterocycles. The highest BCUT2D eigenvalue weighted by molar-refractivity contribution is 5.53. The quantitative estimate of drug-likeness (QED) is 0.116. The molecule has 5 heteroatoms. The molecule has 0 bridgehead atoms. The minimum absolute atomic E-state index is 0.0706. The van der Waals surface area contributed by atoms with Crippen LogP contribution in [-0.2, 0) is 4.74 Å². The van der Waals surface area contributed by atoms with Gasteiger partial charge in [-0.15, -0.1) is 6.58 Å². The maximum atomic E-state index is 14.5. The van der Waals surface area contributed by atoms with Crippen LogP contribution in [0.2, 0.25) is 0 Å². The van der Waals surface area contributed by atoms with E-state index in [1.807, 2.05) is 0 Å². The van der Waals surface area contributed by atoms with Crippen molar-refractivity contribution < 1.29 is 23.0 Å². The van der Waals surface area contributed by atoms with Crippen molar-refractivity contribution in [1.82, 2.24) is 0 Å². The molecule has 0 saturated carbocycles. The average Bonchev–Trinajstić information content (AvgIpc) is 2.78. The van der Waals surface area contributed by atoms with Crippen molar-refractivity contribution in [1.29, 1.82) is 0 Å². The third kappa shape index (κ3) is 10.7. The molecule has 0 aromatic heterocycles. The predicted octanol–water partition coefficient (Wildman–Crippen LogP) is 8.15. The number of halogens is 3. The van der Waals surface area contributed by atoms with Crippen molar-refractivity contribution in [2.45, 2.75) is 32.8 Å². The fourth-order valence-electron chi connectivity index (χ4n) is 2.13. The van der Waals surface area contributed by atoms with Crippen LogP contribution in [-0.4, -0.2) is 17.8 Å².